The molecule has 1 amide bonds. The van der Waals surface area contributed by atoms with E-state index in [2.05, 4.69) is 17.6 Å². The van der Waals surface area contributed by atoms with Crippen LogP contribution in [0.25, 0.3) is 0 Å². The van der Waals surface area contributed by atoms with Crippen LogP contribution in [0.2, 0.25) is 0 Å². The van der Waals surface area contributed by atoms with Gasteiger partial charge in [0.2, 0.25) is 5.91 Å². The summed E-state index contributed by atoms with van der Waals surface area (Å²) in [6.07, 6.45) is 8.44. The van der Waals surface area contributed by atoms with E-state index in [1.807, 2.05) is 0 Å². The third-order valence-electron chi connectivity index (χ3n) is 3.99. The van der Waals surface area contributed by atoms with Crippen LogP contribution in [0.15, 0.2) is 0 Å². The largest absolute Gasteiger partial charge is 0.355 e. The zero-order valence-electron chi connectivity index (χ0n) is 10.3. The van der Waals surface area contributed by atoms with Crippen molar-refractivity contribution in [3.63, 3.8) is 0 Å². The van der Waals surface area contributed by atoms with Gasteiger partial charge >= 0.3 is 0 Å². The van der Waals surface area contributed by atoms with Crippen molar-refractivity contribution in [1.29, 1.82) is 0 Å². The van der Waals surface area contributed by atoms with Gasteiger partial charge in [-0.15, -0.1) is 0 Å². The maximum absolute atomic E-state index is 11.1. The van der Waals surface area contributed by atoms with Gasteiger partial charge in [0.25, 0.3) is 0 Å². The molecule has 3 atom stereocenters. The summed E-state index contributed by atoms with van der Waals surface area (Å²) in [6, 6.07) is 1.20. The molecule has 0 aromatic rings. The Kier molecular flexibility index (Phi) is 4.22. The number of carbonyl (C=O) groups is 1. The molecule has 0 bridgehead atoms. The highest BCUT2D eigenvalue weighted by Crippen LogP contribution is 2.23. The van der Waals surface area contributed by atoms with Gasteiger partial charge in [0.1, 0.15) is 0 Å². The maximum Gasteiger partial charge on any atom is 0.220 e. The fourth-order valence-electron chi connectivity index (χ4n) is 2.86. The Morgan fingerprint density at radius 1 is 1.12 bits per heavy atom. The number of carbonyl (C=O) groups excluding carboxylic acids is 1. The molecule has 3 unspecified atom stereocenters. The second-order valence-electron chi connectivity index (χ2n) is 5.52. The number of amides is 1. The first kappa shape index (κ1) is 11.9. The average molecular weight is 224 g/mol. The lowest BCUT2D eigenvalue weighted by Crippen LogP contribution is -2.49. The Balaban J connectivity index is 1.74. The van der Waals surface area contributed by atoms with Crippen molar-refractivity contribution in [2.75, 3.05) is 6.54 Å². The summed E-state index contributed by atoms with van der Waals surface area (Å²) in [5.41, 5.74) is 0. The monoisotopic (exact) mass is 224 g/mol. The first-order chi connectivity index (χ1) is 7.74. The van der Waals surface area contributed by atoms with Crippen LogP contribution in [0.5, 0.6) is 0 Å². The second kappa shape index (κ2) is 5.67. The fourth-order valence-corrected chi connectivity index (χ4v) is 2.86. The van der Waals surface area contributed by atoms with Crippen LogP contribution in [-0.2, 0) is 4.79 Å². The Bertz CT molecular complexity index is 232. The lowest BCUT2D eigenvalue weighted by Gasteiger charge is -2.28. The molecule has 1 heterocycles. The minimum Gasteiger partial charge on any atom is -0.355 e. The standard InChI is InChI=1S/C13H24N2O/c1-10-3-2-4-11(6-5-10)15-12-7-8-13(16)14-9-12/h10-12,15H,2-9H2,1H3,(H,14,16). The Morgan fingerprint density at radius 3 is 2.75 bits per heavy atom. The first-order valence-electron chi connectivity index (χ1n) is 6.77. The number of piperidine rings is 1. The van der Waals surface area contributed by atoms with E-state index in [1.54, 1.807) is 0 Å². The van der Waals surface area contributed by atoms with Crippen molar-refractivity contribution in [2.45, 2.75) is 64.0 Å². The van der Waals surface area contributed by atoms with Crippen LogP contribution in [-0.4, -0.2) is 24.5 Å². The van der Waals surface area contributed by atoms with E-state index in [0.717, 1.165) is 18.9 Å². The Morgan fingerprint density at radius 2 is 2.00 bits per heavy atom. The van der Waals surface area contributed by atoms with Gasteiger partial charge in [0, 0.05) is 25.0 Å². The van der Waals surface area contributed by atoms with Crippen LogP contribution in [0.3, 0.4) is 0 Å². The van der Waals surface area contributed by atoms with Crippen LogP contribution in [0, 0.1) is 5.92 Å². The molecule has 0 spiro atoms. The molecule has 1 saturated heterocycles. The minimum atomic E-state index is 0.215. The van der Waals surface area contributed by atoms with E-state index in [9.17, 15) is 4.79 Å². The van der Waals surface area contributed by atoms with Gasteiger partial charge in [-0.05, 0) is 31.6 Å². The van der Waals surface area contributed by atoms with Crippen molar-refractivity contribution < 1.29 is 4.79 Å². The van der Waals surface area contributed by atoms with Crippen molar-refractivity contribution in [3.05, 3.63) is 0 Å². The quantitative estimate of drug-likeness (QED) is 0.703. The molecule has 2 rings (SSSR count). The fraction of sp³-hybridized carbons (Fsp3) is 0.923. The molecular formula is C13H24N2O. The third-order valence-corrected chi connectivity index (χ3v) is 3.99. The predicted octanol–water partition coefficient (Wildman–Crippen LogP) is 1.82. The van der Waals surface area contributed by atoms with Gasteiger partial charge in [-0.3, -0.25) is 4.79 Å². The lowest BCUT2D eigenvalue weighted by atomic mass is 10.0. The van der Waals surface area contributed by atoms with E-state index in [1.165, 1.54) is 32.1 Å². The summed E-state index contributed by atoms with van der Waals surface area (Å²) in [5.74, 6) is 1.12. The maximum atomic E-state index is 11.1. The average Bonchev–Trinajstić information content (AvgIpc) is 2.47. The van der Waals surface area contributed by atoms with Crippen molar-refractivity contribution in [1.82, 2.24) is 10.6 Å². The zero-order valence-corrected chi connectivity index (χ0v) is 10.3. The van der Waals surface area contributed by atoms with E-state index >= 15 is 0 Å². The van der Waals surface area contributed by atoms with Gasteiger partial charge in [0.15, 0.2) is 0 Å². The molecule has 1 saturated carbocycles. The molecule has 2 N–H and O–H groups in total. The van der Waals surface area contributed by atoms with E-state index in [4.69, 9.17) is 0 Å². The normalized spacial score (nSPS) is 36.6. The molecule has 0 aromatic heterocycles. The number of hydrogen-bond donors (Lipinski definition) is 2. The highest BCUT2D eigenvalue weighted by Gasteiger charge is 2.22. The summed E-state index contributed by atoms with van der Waals surface area (Å²) in [6.45, 7) is 3.19. The molecule has 3 nitrogen and oxygen atoms in total. The molecular weight excluding hydrogens is 200 g/mol. The first-order valence-corrected chi connectivity index (χ1v) is 6.77. The van der Waals surface area contributed by atoms with Crippen LogP contribution in [0.1, 0.15) is 51.9 Å². The molecule has 1 aliphatic carbocycles. The molecule has 2 fully saturated rings. The summed E-state index contributed by atoms with van der Waals surface area (Å²) >= 11 is 0. The van der Waals surface area contributed by atoms with E-state index < -0.39 is 0 Å². The number of rotatable bonds is 2. The van der Waals surface area contributed by atoms with Gasteiger partial charge in [-0.1, -0.05) is 19.8 Å². The Labute approximate surface area is 98.4 Å². The van der Waals surface area contributed by atoms with Crippen LogP contribution >= 0.6 is 0 Å². The molecule has 0 radical (unpaired) electrons. The third kappa shape index (κ3) is 3.48. The van der Waals surface area contributed by atoms with Crippen LogP contribution in [0.4, 0.5) is 0 Å². The number of nitrogens with one attached hydrogen (secondary N) is 2. The minimum absolute atomic E-state index is 0.215. The van der Waals surface area contributed by atoms with Gasteiger partial charge in [-0.2, -0.15) is 0 Å². The summed E-state index contributed by atoms with van der Waals surface area (Å²) in [7, 11) is 0. The van der Waals surface area contributed by atoms with Gasteiger partial charge < -0.3 is 10.6 Å². The van der Waals surface area contributed by atoms with E-state index in [-0.39, 0.29) is 5.91 Å². The van der Waals surface area contributed by atoms with Crippen molar-refractivity contribution in [2.24, 2.45) is 5.92 Å². The predicted molar refractivity (Wildman–Crippen MR) is 65.2 cm³/mol. The van der Waals surface area contributed by atoms with E-state index in [0.29, 0.717) is 18.5 Å². The molecule has 1 aliphatic heterocycles. The van der Waals surface area contributed by atoms with Gasteiger partial charge in [-0.25, -0.2) is 0 Å². The topological polar surface area (TPSA) is 41.1 Å². The molecule has 3 heteroatoms. The van der Waals surface area contributed by atoms with Crippen LogP contribution < -0.4 is 10.6 Å². The smallest absolute Gasteiger partial charge is 0.220 e. The molecule has 2 aliphatic rings. The zero-order chi connectivity index (χ0) is 11.4. The highest BCUT2D eigenvalue weighted by atomic mass is 16.1. The van der Waals surface area contributed by atoms with Crippen molar-refractivity contribution >= 4 is 5.91 Å². The van der Waals surface area contributed by atoms with Crippen molar-refractivity contribution in [3.8, 4) is 0 Å². The number of hydrogen-bond acceptors (Lipinski definition) is 2. The highest BCUT2D eigenvalue weighted by molar-refractivity contribution is 5.76. The summed E-state index contributed by atoms with van der Waals surface area (Å²) in [5, 5.41) is 6.67. The molecule has 0 aromatic carbocycles. The molecule has 16 heavy (non-hydrogen) atoms. The van der Waals surface area contributed by atoms with Gasteiger partial charge in [0.05, 0.1) is 0 Å². The summed E-state index contributed by atoms with van der Waals surface area (Å²) < 4.78 is 0. The lowest BCUT2D eigenvalue weighted by molar-refractivity contribution is -0.122. The Hall–Kier alpha value is -0.570. The second-order valence-corrected chi connectivity index (χ2v) is 5.52. The SMILES string of the molecule is CC1CCCC(NC2CCC(=O)NC2)CC1. The summed E-state index contributed by atoms with van der Waals surface area (Å²) in [4.78, 5) is 11.1. The molecule has 92 valence electrons.